The lowest BCUT2D eigenvalue weighted by Crippen LogP contribution is -2.44. The Morgan fingerprint density at radius 3 is 2.87 bits per heavy atom. The van der Waals surface area contributed by atoms with Crippen molar-refractivity contribution in [3.05, 3.63) is 22.4 Å². The van der Waals surface area contributed by atoms with Crippen LogP contribution in [0.4, 0.5) is 0 Å². The van der Waals surface area contributed by atoms with Gasteiger partial charge in [0.2, 0.25) is 0 Å². The average molecular weight is 452 g/mol. The van der Waals surface area contributed by atoms with Gasteiger partial charge in [-0.1, -0.05) is 0 Å². The molecule has 3 N–H and O–H groups in total. The lowest BCUT2D eigenvalue weighted by atomic mass is 10.00. The zero-order valence-electron chi connectivity index (χ0n) is 14.2. The molecule has 5 nitrogen and oxygen atoms in total. The number of likely N-dealkylation sites (N-methyl/N-ethyl adjacent to an activating group) is 1. The van der Waals surface area contributed by atoms with Crippen LogP contribution in [0.5, 0.6) is 0 Å². The summed E-state index contributed by atoms with van der Waals surface area (Å²) in [6, 6.07) is 2.52. The Labute approximate surface area is 160 Å². The van der Waals surface area contributed by atoms with Crippen LogP contribution in [0.1, 0.15) is 32.3 Å². The quantitative estimate of drug-likeness (QED) is 0.352. The first-order valence-electron chi connectivity index (χ1n) is 8.00. The minimum absolute atomic E-state index is 0. The lowest BCUT2D eigenvalue weighted by Gasteiger charge is -2.23. The van der Waals surface area contributed by atoms with E-state index in [4.69, 9.17) is 0 Å². The molecule has 132 valence electrons. The van der Waals surface area contributed by atoms with E-state index >= 15 is 0 Å². The average Bonchev–Trinajstić information content (AvgIpc) is 3.14. The number of halogens is 1. The second kappa shape index (κ2) is 9.80. The summed E-state index contributed by atoms with van der Waals surface area (Å²) in [7, 11) is 2.17. The van der Waals surface area contributed by atoms with Crippen molar-refractivity contribution in [2.24, 2.45) is 4.99 Å². The standard InChI is InChI=1S/C16H28N4OS.HI/c1-4-17-15(18-10-14-6-5-8-20(14)3)19-12-16(2,21)13-7-9-22-11-13;/h7,9,11,14,21H,4-6,8,10,12H2,1-3H3,(H2,17,18,19);1H. The van der Waals surface area contributed by atoms with Crippen molar-refractivity contribution in [1.82, 2.24) is 15.5 Å². The molecule has 0 saturated carbocycles. The molecule has 7 heteroatoms. The molecule has 1 aliphatic heterocycles. The fourth-order valence-electron chi connectivity index (χ4n) is 2.69. The highest BCUT2D eigenvalue weighted by Crippen LogP contribution is 2.23. The molecular weight excluding hydrogens is 423 g/mol. The number of guanidine groups is 1. The Hall–Kier alpha value is -0.380. The fourth-order valence-corrected chi connectivity index (χ4v) is 3.47. The summed E-state index contributed by atoms with van der Waals surface area (Å²) in [5, 5.41) is 21.2. The van der Waals surface area contributed by atoms with Gasteiger partial charge in [-0.15, -0.1) is 24.0 Å². The fraction of sp³-hybridized carbons (Fsp3) is 0.688. The molecule has 0 radical (unpaired) electrons. The zero-order valence-corrected chi connectivity index (χ0v) is 17.4. The smallest absolute Gasteiger partial charge is 0.191 e. The van der Waals surface area contributed by atoms with Crippen LogP contribution in [-0.4, -0.2) is 55.2 Å². The molecule has 1 aromatic rings. The third-order valence-corrected chi connectivity index (χ3v) is 4.89. The number of nitrogens with zero attached hydrogens (tertiary/aromatic N) is 2. The molecule has 0 amide bonds. The third-order valence-electron chi connectivity index (χ3n) is 4.21. The van der Waals surface area contributed by atoms with Crippen LogP contribution in [0, 0.1) is 0 Å². The predicted molar refractivity (Wildman–Crippen MR) is 109 cm³/mol. The molecule has 2 atom stereocenters. The second-order valence-corrected chi connectivity index (χ2v) is 6.92. The summed E-state index contributed by atoms with van der Waals surface area (Å²) in [6.07, 6.45) is 2.50. The van der Waals surface area contributed by atoms with Crippen LogP contribution in [0.25, 0.3) is 0 Å². The number of hydrogen-bond donors (Lipinski definition) is 3. The number of nitrogens with one attached hydrogen (secondary N) is 2. The van der Waals surface area contributed by atoms with Gasteiger partial charge in [-0.2, -0.15) is 11.3 Å². The van der Waals surface area contributed by atoms with E-state index in [1.807, 2.05) is 23.8 Å². The summed E-state index contributed by atoms with van der Waals surface area (Å²) in [6.45, 7) is 7.09. The number of rotatable bonds is 6. The van der Waals surface area contributed by atoms with Crippen LogP contribution in [0.15, 0.2) is 21.8 Å². The maximum absolute atomic E-state index is 10.5. The van der Waals surface area contributed by atoms with E-state index in [0.29, 0.717) is 12.6 Å². The van der Waals surface area contributed by atoms with E-state index in [2.05, 4.69) is 34.5 Å². The summed E-state index contributed by atoms with van der Waals surface area (Å²) in [5.41, 5.74) is -0.000379. The largest absolute Gasteiger partial charge is 0.383 e. The molecule has 0 bridgehead atoms. The molecule has 0 aromatic carbocycles. The minimum Gasteiger partial charge on any atom is -0.383 e. The highest BCUT2D eigenvalue weighted by molar-refractivity contribution is 14.0. The van der Waals surface area contributed by atoms with E-state index in [1.165, 1.54) is 19.4 Å². The number of hydrogen-bond acceptors (Lipinski definition) is 4. The van der Waals surface area contributed by atoms with Gasteiger partial charge >= 0.3 is 0 Å². The van der Waals surface area contributed by atoms with Gasteiger partial charge in [0.25, 0.3) is 0 Å². The Morgan fingerprint density at radius 2 is 2.30 bits per heavy atom. The van der Waals surface area contributed by atoms with Gasteiger partial charge in [-0.25, -0.2) is 4.99 Å². The molecule has 0 spiro atoms. The van der Waals surface area contributed by atoms with Gasteiger partial charge < -0.3 is 20.6 Å². The maximum Gasteiger partial charge on any atom is 0.191 e. The third kappa shape index (κ3) is 6.21. The van der Waals surface area contributed by atoms with Crippen molar-refractivity contribution in [2.75, 3.05) is 33.2 Å². The van der Waals surface area contributed by atoms with Crippen molar-refractivity contribution >= 4 is 41.3 Å². The number of aliphatic imine (C=N–C) groups is 1. The van der Waals surface area contributed by atoms with Crippen molar-refractivity contribution in [1.29, 1.82) is 0 Å². The maximum atomic E-state index is 10.5. The number of thiophene rings is 1. The molecule has 1 saturated heterocycles. The monoisotopic (exact) mass is 452 g/mol. The molecule has 1 aromatic heterocycles. The first-order chi connectivity index (χ1) is 10.5. The van der Waals surface area contributed by atoms with Gasteiger partial charge in [0.05, 0.1) is 6.54 Å². The SMILES string of the molecule is CCNC(=NCC(C)(O)c1ccsc1)NCC1CCCN1C.I. The Kier molecular flexibility index (Phi) is 8.81. The first-order valence-corrected chi connectivity index (χ1v) is 8.94. The van der Waals surface area contributed by atoms with Gasteiger partial charge in [-0.05, 0) is 62.7 Å². The summed E-state index contributed by atoms with van der Waals surface area (Å²) < 4.78 is 0. The highest BCUT2D eigenvalue weighted by atomic mass is 127. The van der Waals surface area contributed by atoms with Crippen LogP contribution in [0.3, 0.4) is 0 Å². The van der Waals surface area contributed by atoms with E-state index in [1.54, 1.807) is 11.3 Å². The number of aliphatic hydroxyl groups is 1. The van der Waals surface area contributed by atoms with E-state index in [9.17, 15) is 5.11 Å². The van der Waals surface area contributed by atoms with Gasteiger partial charge in [0, 0.05) is 19.1 Å². The Bertz CT molecular complexity index is 478. The Morgan fingerprint density at radius 1 is 1.52 bits per heavy atom. The van der Waals surface area contributed by atoms with Gasteiger partial charge in [0.15, 0.2) is 5.96 Å². The van der Waals surface area contributed by atoms with Crippen molar-refractivity contribution in [3.8, 4) is 0 Å². The Balaban J connectivity index is 0.00000264. The van der Waals surface area contributed by atoms with Crippen LogP contribution in [-0.2, 0) is 5.60 Å². The molecule has 23 heavy (non-hydrogen) atoms. The highest BCUT2D eigenvalue weighted by Gasteiger charge is 2.24. The molecule has 1 aliphatic rings. The van der Waals surface area contributed by atoms with Gasteiger partial charge in [0.1, 0.15) is 5.60 Å². The molecule has 2 heterocycles. The molecule has 2 unspecified atom stereocenters. The zero-order chi connectivity index (χ0) is 16.0. The van der Waals surface area contributed by atoms with Crippen molar-refractivity contribution in [3.63, 3.8) is 0 Å². The van der Waals surface area contributed by atoms with E-state index in [0.717, 1.165) is 24.6 Å². The van der Waals surface area contributed by atoms with Crippen molar-refractivity contribution in [2.45, 2.75) is 38.3 Å². The van der Waals surface area contributed by atoms with Crippen LogP contribution >= 0.6 is 35.3 Å². The lowest BCUT2D eigenvalue weighted by molar-refractivity contribution is 0.0677. The second-order valence-electron chi connectivity index (χ2n) is 6.14. The molecule has 1 fully saturated rings. The van der Waals surface area contributed by atoms with Crippen LogP contribution < -0.4 is 10.6 Å². The topological polar surface area (TPSA) is 59.9 Å². The first kappa shape index (κ1) is 20.7. The summed E-state index contributed by atoms with van der Waals surface area (Å²) in [5.74, 6) is 0.776. The normalized spacial score (nSPS) is 21.6. The number of likely N-dealkylation sites (tertiary alicyclic amines) is 1. The summed E-state index contributed by atoms with van der Waals surface area (Å²) >= 11 is 1.59. The van der Waals surface area contributed by atoms with Crippen LogP contribution in [0.2, 0.25) is 0 Å². The minimum atomic E-state index is -0.924. The summed E-state index contributed by atoms with van der Waals surface area (Å²) in [4.78, 5) is 6.94. The van der Waals surface area contributed by atoms with E-state index < -0.39 is 5.60 Å². The van der Waals surface area contributed by atoms with E-state index in [-0.39, 0.29) is 24.0 Å². The molecule has 2 rings (SSSR count). The molecule has 0 aliphatic carbocycles. The predicted octanol–water partition coefficient (Wildman–Crippen LogP) is 2.22. The van der Waals surface area contributed by atoms with Crippen molar-refractivity contribution < 1.29 is 5.11 Å². The molecular formula is C16H29IN4OS. The van der Waals surface area contributed by atoms with Gasteiger partial charge in [-0.3, -0.25) is 0 Å².